The fourth-order valence-electron chi connectivity index (χ4n) is 0. The molecular formula is C2H2OSeTa-. The summed E-state index contributed by atoms with van der Waals surface area (Å²) in [6.45, 7) is 2.94. The number of carbonyl (C=O) groups is 1. The van der Waals surface area contributed by atoms with E-state index in [9.17, 15) is 4.79 Å². The smallest absolute Gasteiger partial charge is 0 e. The Morgan fingerprint density at radius 1 is 1.80 bits per heavy atom. The van der Waals surface area contributed by atoms with Crippen molar-refractivity contribution >= 4 is 20.7 Å². The third-order valence-electron chi connectivity index (χ3n) is 0. The Balaban J connectivity index is 0. The van der Waals surface area contributed by atoms with Crippen LogP contribution >= 0.6 is 0 Å². The minimum absolute atomic E-state index is 0. The maximum absolute atomic E-state index is 9.28. The van der Waals surface area contributed by atoms with Crippen LogP contribution in [0.15, 0.2) is 0 Å². The van der Waals surface area contributed by atoms with E-state index < -0.39 is 0 Å². The van der Waals surface area contributed by atoms with Crippen LogP contribution in [0, 0.1) is 6.92 Å². The van der Waals surface area contributed by atoms with Crippen molar-refractivity contribution in [2.75, 3.05) is 0 Å². The Kier molecular flexibility index (Phi) is 8.88. The summed E-state index contributed by atoms with van der Waals surface area (Å²) >= 11 is 2.15. The molecule has 0 fully saturated rings. The molecular weight excluding hydrogens is 300 g/mol. The van der Waals surface area contributed by atoms with Gasteiger partial charge in [-0.2, -0.15) is 0 Å². The first kappa shape index (κ1) is 9.25. The molecule has 0 amide bonds. The molecule has 28 valence electrons. The zero-order valence-corrected chi connectivity index (χ0v) is 7.40. The molecule has 0 unspecified atom stereocenters. The molecule has 0 aromatic carbocycles. The average Bonchev–Trinajstić information content (AvgIpc) is 0.811. The van der Waals surface area contributed by atoms with Gasteiger partial charge >= 0.3 is 32.4 Å². The van der Waals surface area contributed by atoms with Crippen LogP contribution in [0.5, 0.6) is 0 Å². The van der Waals surface area contributed by atoms with Crippen LogP contribution in [0.1, 0.15) is 0 Å². The Morgan fingerprint density at radius 2 is 1.80 bits per heavy atom. The van der Waals surface area contributed by atoms with Gasteiger partial charge in [0, 0.05) is 22.4 Å². The summed E-state index contributed by atoms with van der Waals surface area (Å²) in [6, 6.07) is 0. The van der Waals surface area contributed by atoms with Crippen LogP contribution in [0.2, 0.25) is 0 Å². The van der Waals surface area contributed by atoms with Crippen LogP contribution in [0.4, 0.5) is 0 Å². The zero-order valence-electron chi connectivity index (χ0n) is 2.47. The van der Waals surface area contributed by atoms with Gasteiger partial charge < -0.3 is 0 Å². The van der Waals surface area contributed by atoms with Crippen molar-refractivity contribution in [1.82, 2.24) is 0 Å². The summed E-state index contributed by atoms with van der Waals surface area (Å²) in [4.78, 5) is 9.28. The van der Waals surface area contributed by atoms with Crippen LogP contribution in [-0.4, -0.2) is 20.7 Å². The Bertz CT molecular complexity index is 32.6. The van der Waals surface area contributed by atoms with Gasteiger partial charge in [0.2, 0.25) is 0 Å². The van der Waals surface area contributed by atoms with Crippen LogP contribution in [0.25, 0.3) is 0 Å². The van der Waals surface area contributed by atoms with Crippen molar-refractivity contribution in [1.29, 1.82) is 0 Å². The fourth-order valence-corrected chi connectivity index (χ4v) is 0. The number of carbonyl (C=O) groups excluding carboxylic acids is 1. The molecule has 0 aliphatic heterocycles. The summed E-state index contributed by atoms with van der Waals surface area (Å²) in [5, 5.41) is 0. The summed E-state index contributed by atoms with van der Waals surface area (Å²) in [5.41, 5.74) is 0. The van der Waals surface area contributed by atoms with E-state index >= 15 is 0 Å². The SMILES string of the molecule is [CH2-]C(=O)[Se].[Ta]. The maximum atomic E-state index is 9.28. The molecule has 0 spiro atoms. The van der Waals surface area contributed by atoms with Gasteiger partial charge in [-0.3, -0.25) is 0 Å². The molecule has 3 heteroatoms. The van der Waals surface area contributed by atoms with E-state index in [4.69, 9.17) is 0 Å². The van der Waals surface area contributed by atoms with Crippen molar-refractivity contribution in [3.8, 4) is 0 Å². The van der Waals surface area contributed by atoms with Gasteiger partial charge in [-0.25, -0.2) is 0 Å². The maximum Gasteiger partial charge on any atom is 0 e. The van der Waals surface area contributed by atoms with Crippen molar-refractivity contribution in [2.24, 2.45) is 0 Å². The van der Waals surface area contributed by atoms with Crippen molar-refractivity contribution in [3.05, 3.63) is 6.92 Å². The molecule has 0 aliphatic carbocycles. The van der Waals surface area contributed by atoms with Gasteiger partial charge in [0.1, 0.15) is 0 Å². The van der Waals surface area contributed by atoms with E-state index in [1.54, 1.807) is 0 Å². The predicted octanol–water partition coefficient (Wildman–Crippen LogP) is -0.487. The van der Waals surface area contributed by atoms with Crippen LogP contribution in [0.3, 0.4) is 0 Å². The molecule has 0 atom stereocenters. The van der Waals surface area contributed by atoms with Crippen LogP contribution in [-0.2, 0) is 27.2 Å². The minimum Gasteiger partial charge on any atom is 0 e. The van der Waals surface area contributed by atoms with Gasteiger partial charge in [-0.15, -0.1) is 0 Å². The van der Waals surface area contributed by atoms with E-state index in [1.807, 2.05) is 0 Å². The summed E-state index contributed by atoms with van der Waals surface area (Å²) < 4.78 is -0.208. The summed E-state index contributed by atoms with van der Waals surface area (Å²) in [7, 11) is 0. The number of hydrogen-bond acceptors (Lipinski definition) is 1. The minimum atomic E-state index is -0.208. The first-order valence-corrected chi connectivity index (χ1v) is 1.62. The average molecular weight is 302 g/mol. The molecule has 0 bridgehead atoms. The molecule has 0 N–H and O–H groups in total. The van der Waals surface area contributed by atoms with E-state index in [0.29, 0.717) is 0 Å². The molecule has 0 aromatic rings. The van der Waals surface area contributed by atoms with E-state index in [0.717, 1.165) is 0 Å². The first-order valence-electron chi connectivity index (χ1n) is 0.762. The topological polar surface area (TPSA) is 17.1 Å². The van der Waals surface area contributed by atoms with Gasteiger partial charge in [0.25, 0.3) is 0 Å². The molecule has 1 nitrogen and oxygen atoms in total. The second-order valence-electron chi connectivity index (χ2n) is 0.372. The first-order chi connectivity index (χ1) is 1.73. The summed E-state index contributed by atoms with van der Waals surface area (Å²) in [5.74, 6) is 0. The molecule has 0 saturated heterocycles. The monoisotopic (exact) mass is 303 g/mol. The molecule has 0 heterocycles. The molecule has 0 saturated carbocycles. The van der Waals surface area contributed by atoms with Gasteiger partial charge in [0.05, 0.1) is 0 Å². The number of hydrogen-bond donors (Lipinski definition) is 0. The summed E-state index contributed by atoms with van der Waals surface area (Å²) in [6.07, 6.45) is 0. The second-order valence-corrected chi connectivity index (χ2v) is 1.33. The number of rotatable bonds is 0. The van der Waals surface area contributed by atoms with Crippen molar-refractivity contribution < 1.29 is 27.2 Å². The van der Waals surface area contributed by atoms with E-state index in [-0.39, 0.29) is 27.1 Å². The van der Waals surface area contributed by atoms with Crippen molar-refractivity contribution in [2.45, 2.75) is 0 Å². The van der Waals surface area contributed by atoms with Gasteiger partial charge in [-0.05, 0) is 0 Å². The largest absolute Gasteiger partial charge is 0 e. The molecule has 0 rings (SSSR count). The zero-order chi connectivity index (χ0) is 3.58. The van der Waals surface area contributed by atoms with Gasteiger partial charge in [0.15, 0.2) is 0 Å². The molecule has 0 aromatic heterocycles. The molecule has 0 aliphatic rings. The predicted molar refractivity (Wildman–Crippen MR) is 16.1 cm³/mol. The normalized spacial score (nSPS) is 4.80. The Labute approximate surface area is 54.8 Å². The Hall–Kier alpha value is 0.800. The van der Waals surface area contributed by atoms with E-state index in [2.05, 4.69) is 22.9 Å². The standard InChI is InChI=1S/C2H2OSe.Ta/c1-2(3)4;/h1H2;/q-1;. The Morgan fingerprint density at radius 3 is 1.80 bits per heavy atom. The van der Waals surface area contributed by atoms with Gasteiger partial charge in [-0.1, -0.05) is 0 Å². The third kappa shape index (κ3) is 58.8. The third-order valence-corrected chi connectivity index (χ3v) is 0. The van der Waals surface area contributed by atoms with Crippen LogP contribution < -0.4 is 0 Å². The molecule has 2 radical (unpaired) electrons. The molecule has 5 heavy (non-hydrogen) atoms. The van der Waals surface area contributed by atoms with E-state index in [1.165, 1.54) is 0 Å². The fraction of sp³-hybridized carbons (Fsp3) is 0. The quantitative estimate of drug-likeness (QED) is 0.436. The van der Waals surface area contributed by atoms with Crippen molar-refractivity contribution in [3.63, 3.8) is 0 Å². The second kappa shape index (κ2) is 4.80.